The van der Waals surface area contributed by atoms with Gasteiger partial charge in [-0.1, -0.05) is 0 Å². The van der Waals surface area contributed by atoms with E-state index in [1.165, 1.54) is 0 Å². The summed E-state index contributed by atoms with van der Waals surface area (Å²) in [5, 5.41) is 41.6. The number of carbonyl (C=O) groups is 7. The van der Waals surface area contributed by atoms with Crippen molar-refractivity contribution in [3.05, 3.63) is 0 Å². The van der Waals surface area contributed by atoms with Gasteiger partial charge in [-0.15, -0.1) is 0 Å². The van der Waals surface area contributed by atoms with Crippen LogP contribution in [0.5, 0.6) is 0 Å². The minimum absolute atomic E-state index is 0.542. The van der Waals surface area contributed by atoms with Gasteiger partial charge in [-0.25, -0.2) is 4.79 Å². The van der Waals surface area contributed by atoms with Crippen molar-refractivity contribution in [3.8, 4) is 0 Å². The van der Waals surface area contributed by atoms with Gasteiger partial charge in [0.2, 0.25) is 23.6 Å². The van der Waals surface area contributed by atoms with E-state index in [0.29, 0.717) is 0 Å². The van der Waals surface area contributed by atoms with E-state index >= 15 is 0 Å². The van der Waals surface area contributed by atoms with Crippen LogP contribution in [-0.4, -0.2) is 92.7 Å². The number of nitrogens with two attached hydrogens (primary N) is 2. The lowest BCUT2D eigenvalue weighted by atomic mass is 10.1. The standard InChI is InChI=1S/C16H25N5O11/c17-6(5-22)13(28)20-8(4-12(26)27)15(30)19-7(1-2-11(24)25)14(29)21-9(16(31)32)3-10(18)23/h6-9,22H,1-5,17H2,(H2,18,23)(H,19,30)(H,20,28)(H,21,29)(H,24,25)(H,26,27)(H,31,32). The molecule has 0 heterocycles. The van der Waals surface area contributed by atoms with E-state index in [0.717, 1.165) is 0 Å². The summed E-state index contributed by atoms with van der Waals surface area (Å²) >= 11 is 0. The van der Waals surface area contributed by atoms with Crippen molar-refractivity contribution < 1.29 is 54.0 Å². The maximum atomic E-state index is 12.5. The zero-order valence-electron chi connectivity index (χ0n) is 16.6. The summed E-state index contributed by atoms with van der Waals surface area (Å²) in [5.41, 5.74) is 10.2. The van der Waals surface area contributed by atoms with Crippen LogP contribution < -0.4 is 27.4 Å². The zero-order chi connectivity index (χ0) is 25.0. The van der Waals surface area contributed by atoms with Crippen molar-refractivity contribution in [1.82, 2.24) is 16.0 Å². The topological polar surface area (TPSA) is 289 Å². The second kappa shape index (κ2) is 13.5. The van der Waals surface area contributed by atoms with E-state index in [2.05, 4.69) is 0 Å². The van der Waals surface area contributed by atoms with E-state index in [1.807, 2.05) is 16.0 Å². The van der Waals surface area contributed by atoms with Crippen LogP contribution in [0.4, 0.5) is 0 Å². The van der Waals surface area contributed by atoms with E-state index < -0.39 is 98.0 Å². The van der Waals surface area contributed by atoms with Crippen LogP contribution in [0.15, 0.2) is 0 Å². The van der Waals surface area contributed by atoms with Gasteiger partial charge in [-0.3, -0.25) is 28.8 Å². The van der Waals surface area contributed by atoms with Gasteiger partial charge in [0.1, 0.15) is 24.2 Å². The average Bonchev–Trinajstić information content (AvgIpc) is 2.67. The Morgan fingerprint density at radius 3 is 1.66 bits per heavy atom. The number of carboxylic acid groups (broad SMARTS) is 3. The highest BCUT2D eigenvalue weighted by Crippen LogP contribution is 2.03. The molecule has 4 amide bonds. The number of primary amides is 1. The van der Waals surface area contributed by atoms with Crippen LogP contribution in [0.3, 0.4) is 0 Å². The van der Waals surface area contributed by atoms with Gasteiger partial charge in [0.05, 0.1) is 19.4 Å². The minimum Gasteiger partial charge on any atom is -0.481 e. The maximum absolute atomic E-state index is 12.5. The molecule has 180 valence electrons. The quantitative estimate of drug-likeness (QED) is 0.110. The number of aliphatic hydroxyl groups excluding tert-OH is 1. The van der Waals surface area contributed by atoms with Gasteiger partial charge in [0.25, 0.3) is 0 Å². The van der Waals surface area contributed by atoms with Gasteiger partial charge in [-0.2, -0.15) is 0 Å². The first-order valence-corrected chi connectivity index (χ1v) is 9.00. The summed E-state index contributed by atoms with van der Waals surface area (Å²) in [6.07, 6.45) is -2.95. The van der Waals surface area contributed by atoms with Crippen LogP contribution in [0.2, 0.25) is 0 Å². The summed E-state index contributed by atoms with van der Waals surface area (Å²) in [6, 6.07) is -6.69. The Bertz CT molecular complexity index is 757. The van der Waals surface area contributed by atoms with Crippen LogP contribution >= 0.6 is 0 Å². The molecule has 16 nitrogen and oxygen atoms in total. The Kier molecular flexibility index (Phi) is 11.9. The van der Waals surface area contributed by atoms with Crippen LogP contribution in [0.25, 0.3) is 0 Å². The Morgan fingerprint density at radius 1 is 0.719 bits per heavy atom. The predicted molar refractivity (Wildman–Crippen MR) is 101 cm³/mol. The van der Waals surface area contributed by atoms with E-state index in [9.17, 15) is 33.6 Å². The number of hydrogen-bond acceptors (Lipinski definition) is 9. The number of aliphatic hydroxyl groups is 1. The molecule has 0 saturated carbocycles. The van der Waals surface area contributed by atoms with E-state index in [-0.39, 0.29) is 0 Å². The fourth-order valence-electron chi connectivity index (χ4n) is 2.23. The molecule has 0 saturated heterocycles. The highest BCUT2D eigenvalue weighted by molar-refractivity contribution is 5.96. The summed E-state index contributed by atoms with van der Waals surface area (Å²) in [7, 11) is 0. The van der Waals surface area contributed by atoms with Crippen molar-refractivity contribution in [2.45, 2.75) is 49.9 Å². The molecule has 0 aromatic rings. The number of aliphatic carboxylic acids is 3. The third-order valence-electron chi connectivity index (χ3n) is 3.84. The van der Waals surface area contributed by atoms with Crippen molar-refractivity contribution in [2.75, 3.05) is 6.61 Å². The second-order valence-electron chi connectivity index (χ2n) is 6.51. The lowest BCUT2D eigenvalue weighted by Crippen LogP contribution is -2.58. The molecule has 0 aliphatic heterocycles. The smallest absolute Gasteiger partial charge is 0.326 e. The normalized spacial score (nSPS) is 14.2. The van der Waals surface area contributed by atoms with Gasteiger partial charge >= 0.3 is 17.9 Å². The Balaban J connectivity index is 5.58. The molecule has 0 aliphatic carbocycles. The Labute approximate surface area is 180 Å². The van der Waals surface area contributed by atoms with E-state index in [1.54, 1.807) is 0 Å². The lowest BCUT2D eigenvalue weighted by Gasteiger charge is -2.24. The molecule has 0 aliphatic rings. The predicted octanol–water partition coefficient (Wildman–Crippen LogP) is -4.94. The first-order valence-electron chi connectivity index (χ1n) is 9.00. The summed E-state index contributed by atoms with van der Waals surface area (Å²) < 4.78 is 0. The third-order valence-corrected chi connectivity index (χ3v) is 3.84. The largest absolute Gasteiger partial charge is 0.481 e. The molecule has 0 aromatic carbocycles. The molecule has 0 fully saturated rings. The molecular weight excluding hydrogens is 438 g/mol. The number of hydrogen-bond donors (Lipinski definition) is 9. The first-order chi connectivity index (χ1) is 14.8. The fourth-order valence-corrected chi connectivity index (χ4v) is 2.23. The number of carboxylic acids is 3. The molecule has 16 heteroatoms. The molecule has 11 N–H and O–H groups in total. The van der Waals surface area contributed by atoms with Crippen LogP contribution in [-0.2, 0) is 33.6 Å². The summed E-state index contributed by atoms with van der Waals surface area (Å²) in [6.45, 7) is -0.812. The molecular formula is C16H25N5O11. The summed E-state index contributed by atoms with van der Waals surface area (Å²) in [4.78, 5) is 80.7. The molecule has 0 bridgehead atoms. The molecule has 32 heavy (non-hydrogen) atoms. The van der Waals surface area contributed by atoms with E-state index in [4.69, 9.17) is 31.9 Å². The average molecular weight is 463 g/mol. The second-order valence-corrected chi connectivity index (χ2v) is 6.51. The monoisotopic (exact) mass is 463 g/mol. The van der Waals surface area contributed by atoms with Crippen molar-refractivity contribution in [3.63, 3.8) is 0 Å². The number of rotatable bonds is 15. The fraction of sp³-hybridized carbons (Fsp3) is 0.562. The minimum atomic E-state index is -1.78. The summed E-state index contributed by atoms with van der Waals surface area (Å²) in [5.74, 6) is -9.08. The van der Waals surface area contributed by atoms with Gasteiger partial charge in [-0.05, 0) is 6.42 Å². The van der Waals surface area contributed by atoms with Crippen molar-refractivity contribution in [2.24, 2.45) is 11.5 Å². The molecule has 4 unspecified atom stereocenters. The number of amides is 4. The highest BCUT2D eigenvalue weighted by Gasteiger charge is 2.32. The molecule has 0 spiro atoms. The van der Waals surface area contributed by atoms with Gasteiger partial charge in [0.15, 0.2) is 0 Å². The van der Waals surface area contributed by atoms with Crippen molar-refractivity contribution in [1.29, 1.82) is 0 Å². The highest BCUT2D eigenvalue weighted by atomic mass is 16.4. The molecule has 0 radical (unpaired) electrons. The van der Waals surface area contributed by atoms with Crippen LogP contribution in [0, 0.1) is 0 Å². The molecule has 4 atom stereocenters. The Morgan fingerprint density at radius 2 is 1.22 bits per heavy atom. The van der Waals surface area contributed by atoms with Crippen LogP contribution in [0.1, 0.15) is 25.7 Å². The zero-order valence-corrected chi connectivity index (χ0v) is 16.6. The van der Waals surface area contributed by atoms with Gasteiger partial charge < -0.3 is 47.8 Å². The first kappa shape index (κ1) is 28.2. The lowest BCUT2D eigenvalue weighted by molar-refractivity contribution is -0.144. The third kappa shape index (κ3) is 10.8. The number of nitrogens with one attached hydrogen (secondary N) is 3. The maximum Gasteiger partial charge on any atom is 0.326 e. The SMILES string of the molecule is NC(=O)CC(NC(=O)C(CCC(=O)O)NC(=O)C(CC(=O)O)NC(=O)C(N)CO)C(=O)O. The molecule has 0 rings (SSSR count). The molecule has 0 aromatic heterocycles. The van der Waals surface area contributed by atoms with Crippen molar-refractivity contribution >= 4 is 41.5 Å². The Hall–Kier alpha value is -3.79. The number of carbonyl (C=O) groups excluding carboxylic acids is 4. The van der Waals surface area contributed by atoms with Gasteiger partial charge in [0, 0.05) is 6.42 Å².